The smallest absolute Gasteiger partial charge is 0.142 e. The summed E-state index contributed by atoms with van der Waals surface area (Å²) in [5.74, 6) is -0.112. The van der Waals surface area contributed by atoms with Crippen LogP contribution in [0.4, 0.5) is 8.78 Å². The van der Waals surface area contributed by atoms with Gasteiger partial charge in [0.2, 0.25) is 0 Å². The van der Waals surface area contributed by atoms with Crippen LogP contribution >= 0.6 is 23.4 Å². The molecule has 2 rings (SSSR count). The lowest BCUT2D eigenvalue weighted by molar-refractivity contribution is 0.624. The Labute approximate surface area is 108 Å². The van der Waals surface area contributed by atoms with Crippen molar-refractivity contribution in [2.24, 2.45) is 0 Å². The third kappa shape index (κ3) is 3.45. The fourth-order valence-electron chi connectivity index (χ4n) is 1.35. The van der Waals surface area contributed by atoms with Gasteiger partial charge >= 0.3 is 0 Å². The van der Waals surface area contributed by atoms with Crippen LogP contribution in [0, 0.1) is 11.6 Å². The van der Waals surface area contributed by atoms with E-state index in [9.17, 15) is 8.78 Å². The molecule has 17 heavy (non-hydrogen) atoms. The molecule has 0 aromatic heterocycles. The first kappa shape index (κ1) is 12.4. The number of halogens is 3. The molecule has 0 aliphatic carbocycles. The van der Waals surface area contributed by atoms with Crippen molar-refractivity contribution >= 4 is 23.4 Å². The summed E-state index contributed by atoms with van der Waals surface area (Å²) >= 11 is 7.04. The lowest BCUT2D eigenvalue weighted by atomic mass is 10.2. The summed E-state index contributed by atoms with van der Waals surface area (Å²) in [7, 11) is 0. The Kier molecular flexibility index (Phi) is 4.02. The Morgan fingerprint density at radius 3 is 2.59 bits per heavy atom. The maximum absolute atomic E-state index is 13.2. The summed E-state index contributed by atoms with van der Waals surface area (Å²) in [5, 5.41) is 0.115. The molecular weight excluding hydrogens is 262 g/mol. The van der Waals surface area contributed by atoms with Gasteiger partial charge in [0.15, 0.2) is 0 Å². The highest BCUT2D eigenvalue weighted by atomic mass is 35.5. The van der Waals surface area contributed by atoms with E-state index < -0.39 is 5.82 Å². The third-order valence-corrected chi connectivity index (χ3v) is 3.56. The zero-order valence-corrected chi connectivity index (χ0v) is 10.4. The van der Waals surface area contributed by atoms with Crippen LogP contribution in [0.15, 0.2) is 47.4 Å². The van der Waals surface area contributed by atoms with Gasteiger partial charge in [-0.25, -0.2) is 8.78 Å². The molecule has 0 aliphatic rings. The molecule has 0 fully saturated rings. The van der Waals surface area contributed by atoms with Gasteiger partial charge in [0.25, 0.3) is 0 Å². The van der Waals surface area contributed by atoms with E-state index in [2.05, 4.69) is 0 Å². The van der Waals surface area contributed by atoms with Crippen LogP contribution < -0.4 is 0 Å². The van der Waals surface area contributed by atoms with Crippen molar-refractivity contribution in [2.75, 3.05) is 0 Å². The van der Waals surface area contributed by atoms with E-state index in [1.165, 1.54) is 36.0 Å². The molecule has 88 valence electrons. The maximum atomic E-state index is 13.2. The van der Waals surface area contributed by atoms with Crippen molar-refractivity contribution in [1.29, 1.82) is 0 Å². The van der Waals surface area contributed by atoms with Gasteiger partial charge in [-0.1, -0.05) is 23.7 Å². The standard InChI is InChI=1S/C13H9ClF2S/c14-12-5-4-9(6-13(12)16)8-17-11-3-1-2-10(15)7-11/h1-7H,8H2. The van der Waals surface area contributed by atoms with Gasteiger partial charge in [0.1, 0.15) is 11.6 Å². The molecule has 0 nitrogen and oxygen atoms in total. The minimum atomic E-state index is -0.427. The lowest BCUT2D eigenvalue weighted by Crippen LogP contribution is -1.84. The second-order valence-electron chi connectivity index (χ2n) is 3.49. The summed E-state index contributed by atoms with van der Waals surface area (Å²) in [6.07, 6.45) is 0. The van der Waals surface area contributed by atoms with E-state index in [4.69, 9.17) is 11.6 Å². The normalized spacial score (nSPS) is 10.5. The molecule has 0 atom stereocenters. The molecule has 0 unspecified atom stereocenters. The Morgan fingerprint density at radius 2 is 1.88 bits per heavy atom. The van der Waals surface area contributed by atoms with Crippen LogP contribution in [0.25, 0.3) is 0 Å². The van der Waals surface area contributed by atoms with E-state index in [-0.39, 0.29) is 10.8 Å². The molecule has 0 amide bonds. The minimum absolute atomic E-state index is 0.115. The van der Waals surface area contributed by atoms with E-state index in [0.29, 0.717) is 5.75 Å². The molecule has 0 aliphatic heterocycles. The largest absolute Gasteiger partial charge is 0.207 e. The predicted octanol–water partition coefficient (Wildman–Crippen LogP) is 4.91. The van der Waals surface area contributed by atoms with Gasteiger partial charge in [-0.15, -0.1) is 11.8 Å². The Balaban J connectivity index is 2.05. The molecule has 0 bridgehead atoms. The Hall–Kier alpha value is -1.06. The van der Waals surface area contributed by atoms with E-state index in [1.807, 2.05) is 6.07 Å². The molecule has 4 heteroatoms. The van der Waals surface area contributed by atoms with Crippen molar-refractivity contribution in [3.05, 3.63) is 64.7 Å². The summed E-state index contributed by atoms with van der Waals surface area (Å²) in [6.45, 7) is 0. The molecule has 2 aromatic rings. The van der Waals surface area contributed by atoms with Gasteiger partial charge in [0, 0.05) is 10.6 Å². The summed E-state index contributed by atoms with van der Waals surface area (Å²) < 4.78 is 26.1. The van der Waals surface area contributed by atoms with E-state index in [0.717, 1.165) is 10.5 Å². The number of hydrogen-bond donors (Lipinski definition) is 0. The first-order chi connectivity index (χ1) is 8.15. The average molecular weight is 271 g/mol. The topological polar surface area (TPSA) is 0 Å². The van der Waals surface area contributed by atoms with Gasteiger partial charge in [-0.3, -0.25) is 0 Å². The predicted molar refractivity (Wildman–Crippen MR) is 67.4 cm³/mol. The first-order valence-electron chi connectivity index (χ1n) is 4.97. The molecular formula is C13H9ClF2S. The van der Waals surface area contributed by atoms with Gasteiger partial charge in [-0.2, -0.15) is 0 Å². The van der Waals surface area contributed by atoms with Crippen molar-refractivity contribution in [1.82, 2.24) is 0 Å². The van der Waals surface area contributed by atoms with Crippen LogP contribution in [0.3, 0.4) is 0 Å². The number of benzene rings is 2. The Morgan fingerprint density at radius 1 is 1.06 bits per heavy atom. The van der Waals surface area contributed by atoms with Crippen LogP contribution in [0.1, 0.15) is 5.56 Å². The first-order valence-corrected chi connectivity index (χ1v) is 6.34. The van der Waals surface area contributed by atoms with Crippen LogP contribution in [0.5, 0.6) is 0 Å². The molecule has 0 heterocycles. The zero-order chi connectivity index (χ0) is 12.3. The molecule has 0 radical (unpaired) electrons. The van der Waals surface area contributed by atoms with Crippen LogP contribution in [-0.4, -0.2) is 0 Å². The average Bonchev–Trinajstić information content (AvgIpc) is 2.31. The number of rotatable bonds is 3. The molecule has 2 aromatic carbocycles. The summed E-state index contributed by atoms with van der Waals surface area (Å²) in [4.78, 5) is 0.820. The van der Waals surface area contributed by atoms with E-state index >= 15 is 0 Å². The van der Waals surface area contributed by atoms with Crippen molar-refractivity contribution in [3.63, 3.8) is 0 Å². The van der Waals surface area contributed by atoms with Gasteiger partial charge < -0.3 is 0 Å². The zero-order valence-electron chi connectivity index (χ0n) is 8.79. The highest BCUT2D eigenvalue weighted by molar-refractivity contribution is 7.98. The van der Waals surface area contributed by atoms with Crippen molar-refractivity contribution in [3.8, 4) is 0 Å². The van der Waals surface area contributed by atoms with Gasteiger partial charge in [0.05, 0.1) is 5.02 Å². The number of hydrogen-bond acceptors (Lipinski definition) is 1. The molecule has 0 spiro atoms. The summed E-state index contributed by atoms with van der Waals surface area (Å²) in [6, 6.07) is 11.0. The second kappa shape index (κ2) is 5.52. The fourth-order valence-corrected chi connectivity index (χ4v) is 2.35. The summed E-state index contributed by atoms with van der Waals surface area (Å²) in [5.41, 5.74) is 0.821. The minimum Gasteiger partial charge on any atom is -0.207 e. The molecule has 0 N–H and O–H groups in total. The Bertz CT molecular complexity index is 529. The lowest BCUT2D eigenvalue weighted by Gasteiger charge is -2.03. The third-order valence-electron chi connectivity index (χ3n) is 2.19. The maximum Gasteiger partial charge on any atom is 0.142 e. The number of thioether (sulfide) groups is 1. The van der Waals surface area contributed by atoms with Gasteiger partial charge in [-0.05, 0) is 35.9 Å². The molecule has 0 saturated carbocycles. The van der Waals surface area contributed by atoms with Crippen LogP contribution in [0.2, 0.25) is 5.02 Å². The van der Waals surface area contributed by atoms with Crippen molar-refractivity contribution in [2.45, 2.75) is 10.6 Å². The highest BCUT2D eigenvalue weighted by Gasteiger charge is 2.02. The van der Waals surface area contributed by atoms with E-state index in [1.54, 1.807) is 12.1 Å². The molecule has 0 saturated heterocycles. The monoisotopic (exact) mass is 270 g/mol. The van der Waals surface area contributed by atoms with Crippen molar-refractivity contribution < 1.29 is 8.78 Å². The SMILES string of the molecule is Fc1cccc(SCc2ccc(Cl)c(F)c2)c1. The fraction of sp³-hybridized carbons (Fsp3) is 0.0769. The quantitative estimate of drug-likeness (QED) is 0.714. The van der Waals surface area contributed by atoms with Crippen LogP contribution in [-0.2, 0) is 5.75 Å². The second-order valence-corrected chi connectivity index (χ2v) is 4.95. The highest BCUT2D eigenvalue weighted by Crippen LogP contribution is 2.25.